The highest BCUT2D eigenvalue weighted by molar-refractivity contribution is 5.66. The van der Waals surface area contributed by atoms with Crippen LogP contribution in [-0.4, -0.2) is 65.2 Å². The lowest BCUT2D eigenvalue weighted by atomic mass is 9.82. The predicted octanol–water partition coefficient (Wildman–Crippen LogP) is 3.98. The molecule has 1 aromatic carbocycles. The lowest BCUT2D eigenvalue weighted by molar-refractivity contribution is -0.00762. The Labute approximate surface area is 210 Å². The molecule has 9 nitrogen and oxygen atoms in total. The number of hydrogen-bond acceptors (Lipinski definition) is 8. The van der Waals surface area contributed by atoms with E-state index in [1.165, 1.54) is 17.1 Å². The van der Waals surface area contributed by atoms with E-state index in [0.29, 0.717) is 18.5 Å². The number of hydrogen-bond donors (Lipinski definition) is 1. The number of nitrogens with two attached hydrogens (primary N) is 1. The van der Waals surface area contributed by atoms with Crippen molar-refractivity contribution in [2.45, 2.75) is 75.4 Å². The summed E-state index contributed by atoms with van der Waals surface area (Å²) in [6.45, 7) is 3.50. The number of fused-ring (bicyclic) bond motifs is 1. The van der Waals surface area contributed by atoms with Crippen LogP contribution in [0.2, 0.25) is 0 Å². The van der Waals surface area contributed by atoms with Gasteiger partial charge in [0.15, 0.2) is 11.6 Å². The van der Waals surface area contributed by atoms with E-state index in [0.717, 1.165) is 24.6 Å². The smallest absolute Gasteiger partial charge is 0.262 e. The van der Waals surface area contributed by atoms with Gasteiger partial charge in [-0.15, -0.1) is 5.10 Å². The Hall–Kier alpha value is -3.35. The van der Waals surface area contributed by atoms with Gasteiger partial charge < -0.3 is 10.6 Å². The fourth-order valence-electron chi connectivity index (χ4n) is 6.00. The van der Waals surface area contributed by atoms with E-state index < -0.39 is 35.2 Å². The summed E-state index contributed by atoms with van der Waals surface area (Å²) in [4.78, 5) is 11.7. The van der Waals surface area contributed by atoms with Crippen molar-refractivity contribution in [2.75, 3.05) is 17.2 Å². The van der Waals surface area contributed by atoms with Crippen LogP contribution in [0.1, 0.15) is 57.4 Å². The minimum absolute atomic E-state index is 0.00126. The third-order valence-electron chi connectivity index (χ3n) is 7.74. The highest BCUT2D eigenvalue weighted by Gasteiger charge is 2.54. The van der Waals surface area contributed by atoms with E-state index in [2.05, 4.69) is 25.5 Å². The summed E-state index contributed by atoms with van der Waals surface area (Å²) < 4.78 is 60.3. The quantitative estimate of drug-likeness (QED) is 0.507. The second-order valence-corrected chi connectivity index (χ2v) is 10.9. The Morgan fingerprint density at radius 1 is 1.11 bits per heavy atom. The molecule has 4 heterocycles. The molecule has 13 heteroatoms. The molecule has 1 saturated carbocycles. The van der Waals surface area contributed by atoms with Gasteiger partial charge >= 0.3 is 0 Å². The summed E-state index contributed by atoms with van der Waals surface area (Å²) in [6, 6.07) is 2.22. The Balaban J connectivity index is 1.49. The van der Waals surface area contributed by atoms with Gasteiger partial charge in [0, 0.05) is 24.0 Å². The summed E-state index contributed by atoms with van der Waals surface area (Å²) in [6.07, 6.45) is 4.69. The van der Waals surface area contributed by atoms with Crippen molar-refractivity contribution >= 4 is 17.5 Å². The Morgan fingerprint density at radius 3 is 2.57 bits per heavy atom. The first kappa shape index (κ1) is 24.0. The molecule has 2 saturated heterocycles. The molecule has 2 N–H and O–H groups in total. The summed E-state index contributed by atoms with van der Waals surface area (Å²) in [7, 11) is 0. The fraction of sp³-hybridized carbons (Fsp3) is 0.542. The average Bonchev–Trinajstić information content (AvgIpc) is 3.41. The molecule has 3 aromatic rings. The summed E-state index contributed by atoms with van der Waals surface area (Å²) in [5, 5.41) is 11.4. The zero-order valence-corrected chi connectivity index (χ0v) is 20.5. The van der Waals surface area contributed by atoms with Crippen LogP contribution in [0.4, 0.5) is 35.0 Å². The van der Waals surface area contributed by atoms with Gasteiger partial charge in [-0.1, -0.05) is 0 Å². The fourth-order valence-corrected chi connectivity index (χ4v) is 6.00. The summed E-state index contributed by atoms with van der Waals surface area (Å²) in [5.74, 6) is -4.32. The van der Waals surface area contributed by atoms with Crippen LogP contribution in [0.3, 0.4) is 0 Å². The number of alkyl halides is 2. The number of benzene rings is 1. The van der Waals surface area contributed by atoms with Crippen LogP contribution >= 0.6 is 0 Å². The molecule has 6 rings (SSSR count). The molecule has 2 atom stereocenters. The molecule has 0 spiro atoms. The summed E-state index contributed by atoms with van der Waals surface area (Å²) in [5.41, 5.74) is 6.67. The van der Waals surface area contributed by atoms with E-state index in [1.54, 1.807) is 11.0 Å². The number of rotatable bonds is 5. The van der Waals surface area contributed by atoms with Gasteiger partial charge in [0.2, 0.25) is 5.95 Å². The van der Waals surface area contributed by atoms with Gasteiger partial charge in [0.1, 0.15) is 12.1 Å². The molecule has 3 fully saturated rings. The van der Waals surface area contributed by atoms with Gasteiger partial charge in [-0.25, -0.2) is 27.2 Å². The maximum Gasteiger partial charge on any atom is 0.262 e. The van der Waals surface area contributed by atoms with Crippen molar-refractivity contribution in [3.63, 3.8) is 0 Å². The maximum atomic E-state index is 15.9. The Kier molecular flexibility index (Phi) is 5.41. The lowest BCUT2D eigenvalue weighted by Crippen LogP contribution is -2.57. The number of tetrazole rings is 1. The van der Waals surface area contributed by atoms with E-state index in [9.17, 15) is 13.2 Å². The minimum atomic E-state index is -2.80. The van der Waals surface area contributed by atoms with Crippen molar-refractivity contribution < 1.29 is 17.6 Å². The van der Waals surface area contributed by atoms with Crippen LogP contribution < -0.4 is 10.6 Å². The van der Waals surface area contributed by atoms with Crippen LogP contribution in [0.5, 0.6) is 0 Å². The molecule has 1 aliphatic carbocycles. The largest absolute Gasteiger partial charge is 0.381 e. The monoisotopic (exact) mass is 517 g/mol. The van der Waals surface area contributed by atoms with Gasteiger partial charge in [0.25, 0.3) is 5.92 Å². The topological polar surface area (TPSA) is 102 Å². The molecule has 2 aromatic heterocycles. The van der Waals surface area contributed by atoms with Crippen molar-refractivity contribution in [2.24, 2.45) is 0 Å². The Morgan fingerprint density at radius 2 is 1.89 bits per heavy atom. The molecule has 2 unspecified atom stereocenters. The first-order valence-corrected chi connectivity index (χ1v) is 12.3. The predicted molar refractivity (Wildman–Crippen MR) is 127 cm³/mol. The molecule has 196 valence electrons. The maximum absolute atomic E-state index is 15.9. The first-order valence-electron chi connectivity index (χ1n) is 12.3. The molecule has 0 bridgehead atoms. The van der Waals surface area contributed by atoms with E-state index in [4.69, 9.17) is 5.73 Å². The van der Waals surface area contributed by atoms with E-state index in [1.807, 2.05) is 18.7 Å². The van der Waals surface area contributed by atoms with E-state index >= 15 is 4.39 Å². The minimum Gasteiger partial charge on any atom is -0.381 e. The van der Waals surface area contributed by atoms with Crippen LogP contribution in [0.15, 0.2) is 24.7 Å². The van der Waals surface area contributed by atoms with Gasteiger partial charge in [0.05, 0.1) is 24.1 Å². The number of aromatic nitrogens is 6. The summed E-state index contributed by atoms with van der Waals surface area (Å²) >= 11 is 0. The Bertz CT molecular complexity index is 1330. The molecule has 0 radical (unpaired) electrons. The molecular weight excluding hydrogens is 490 g/mol. The van der Waals surface area contributed by atoms with Crippen molar-refractivity contribution in [1.82, 2.24) is 35.1 Å². The van der Waals surface area contributed by atoms with Crippen LogP contribution in [-0.2, 0) is 0 Å². The highest BCUT2D eigenvalue weighted by atomic mass is 19.3. The van der Waals surface area contributed by atoms with Crippen LogP contribution in [0, 0.1) is 11.6 Å². The van der Waals surface area contributed by atoms with Crippen molar-refractivity contribution in [3.05, 3.63) is 41.9 Å². The normalized spacial score (nSPS) is 24.7. The second-order valence-electron chi connectivity index (χ2n) is 10.9. The van der Waals surface area contributed by atoms with Crippen LogP contribution in [0.25, 0.3) is 5.69 Å². The highest BCUT2D eigenvalue weighted by Crippen LogP contribution is 2.48. The van der Waals surface area contributed by atoms with Gasteiger partial charge in [-0.3, -0.25) is 4.90 Å². The number of piperidine rings is 1. The zero-order chi connectivity index (χ0) is 26.1. The number of halogens is 4. The molecule has 37 heavy (non-hydrogen) atoms. The van der Waals surface area contributed by atoms with Gasteiger partial charge in [-0.05, 0) is 73.6 Å². The van der Waals surface area contributed by atoms with Crippen molar-refractivity contribution in [1.29, 1.82) is 0 Å². The SMILES string of the molecule is CC1(C)CC(N(c2ncc(F)c(N)n2)c2cc(-n3cnnn3)c(C3CC3)cc2F)CC2CC(F)(F)CN21. The molecule has 2 aliphatic heterocycles. The first-order chi connectivity index (χ1) is 17.5. The molecular formula is C24H27F4N9. The van der Waals surface area contributed by atoms with Gasteiger partial charge in [-0.2, -0.15) is 4.98 Å². The standard InChI is InChI=1S/C24H27F4N9/c1-23(2)8-15(5-14-9-24(27,28)11-35(14)23)37(22-30-10-18(26)21(29)32-22)20-7-19(36-12-31-33-34-36)16(6-17(20)25)13-3-4-13/h6-7,10,12-15H,3-5,8-9,11H2,1-2H3,(H2,29,30,32). The van der Waals surface area contributed by atoms with E-state index in [-0.39, 0.29) is 36.3 Å². The third-order valence-corrected chi connectivity index (χ3v) is 7.74. The van der Waals surface area contributed by atoms with Crippen molar-refractivity contribution in [3.8, 4) is 5.69 Å². The zero-order valence-electron chi connectivity index (χ0n) is 20.5. The molecule has 0 amide bonds. The average molecular weight is 518 g/mol. The third kappa shape index (κ3) is 4.28. The number of nitrogens with zero attached hydrogens (tertiary/aromatic N) is 8. The second kappa shape index (κ2) is 8.33. The number of nitrogen functional groups attached to an aromatic ring is 1. The number of anilines is 3. The lowest BCUT2D eigenvalue weighted by Gasteiger charge is -2.50. The molecule has 3 aliphatic rings.